The summed E-state index contributed by atoms with van der Waals surface area (Å²) in [6, 6.07) is 1.91. The lowest BCUT2D eigenvalue weighted by molar-refractivity contribution is -0.191. The minimum Gasteiger partial charge on any atom is -0.397 e. The van der Waals surface area contributed by atoms with Crippen LogP contribution in [0.2, 0.25) is 0 Å². The number of anilines is 2. The van der Waals surface area contributed by atoms with E-state index in [1.807, 2.05) is 19.9 Å². The average molecular weight is 194 g/mol. The minimum atomic E-state index is 0.250. The number of rotatable bonds is 0. The van der Waals surface area contributed by atoms with Gasteiger partial charge in [0, 0.05) is 0 Å². The number of carbonyl (C=O) groups excluding carboxylic acids is 2. The molecule has 76 valence electrons. The Kier molecular flexibility index (Phi) is 4.40. The third-order valence-corrected chi connectivity index (χ3v) is 2.24. The predicted molar refractivity (Wildman–Crippen MR) is 54.5 cm³/mol. The molecule has 1 aromatic rings. The number of hydrogen-bond donors (Lipinski definition) is 2. The van der Waals surface area contributed by atoms with Gasteiger partial charge in [-0.2, -0.15) is 9.59 Å². The first-order valence-corrected chi connectivity index (χ1v) is 4.06. The van der Waals surface area contributed by atoms with Crippen molar-refractivity contribution < 1.29 is 9.59 Å². The van der Waals surface area contributed by atoms with Crippen LogP contribution < -0.4 is 11.5 Å². The molecule has 0 amide bonds. The van der Waals surface area contributed by atoms with Crippen LogP contribution in [-0.4, -0.2) is 6.15 Å². The smallest absolute Gasteiger partial charge is 0.373 e. The van der Waals surface area contributed by atoms with E-state index < -0.39 is 0 Å². The molecule has 0 radical (unpaired) electrons. The Hall–Kier alpha value is -1.80. The first kappa shape index (κ1) is 12.2. The molecule has 4 heteroatoms. The van der Waals surface area contributed by atoms with Gasteiger partial charge >= 0.3 is 6.15 Å². The highest BCUT2D eigenvalue weighted by Crippen LogP contribution is 2.25. The van der Waals surface area contributed by atoms with Crippen LogP contribution in [0.5, 0.6) is 0 Å². The van der Waals surface area contributed by atoms with Gasteiger partial charge in [0.15, 0.2) is 0 Å². The van der Waals surface area contributed by atoms with Crippen LogP contribution >= 0.6 is 0 Å². The summed E-state index contributed by atoms with van der Waals surface area (Å²) in [6.07, 6.45) is 0.250. The van der Waals surface area contributed by atoms with Gasteiger partial charge in [-0.25, -0.2) is 0 Å². The molecule has 0 spiro atoms. The molecule has 1 rings (SSSR count). The summed E-state index contributed by atoms with van der Waals surface area (Å²) in [5.41, 5.74) is 16.3. The van der Waals surface area contributed by atoms with Gasteiger partial charge in [-0.3, -0.25) is 0 Å². The van der Waals surface area contributed by atoms with Gasteiger partial charge in [0.1, 0.15) is 0 Å². The molecule has 0 atom stereocenters. The maximum Gasteiger partial charge on any atom is 0.373 e. The fourth-order valence-electron chi connectivity index (χ4n) is 1.13. The maximum absolute atomic E-state index is 8.12. The van der Waals surface area contributed by atoms with Crippen LogP contribution in [0.25, 0.3) is 0 Å². The van der Waals surface area contributed by atoms with Crippen molar-refractivity contribution in [2.24, 2.45) is 0 Å². The third-order valence-electron chi connectivity index (χ3n) is 2.24. The van der Waals surface area contributed by atoms with Crippen molar-refractivity contribution in [3.05, 3.63) is 22.8 Å². The summed E-state index contributed by atoms with van der Waals surface area (Å²) in [4.78, 5) is 16.2. The Bertz CT molecular complexity index is 341. The molecule has 0 aliphatic rings. The average Bonchev–Trinajstić information content (AvgIpc) is 2.13. The summed E-state index contributed by atoms with van der Waals surface area (Å²) >= 11 is 0. The lowest BCUT2D eigenvalue weighted by atomic mass is 10.0. The van der Waals surface area contributed by atoms with Gasteiger partial charge in [0.05, 0.1) is 11.4 Å². The Morgan fingerprint density at radius 1 is 1.07 bits per heavy atom. The van der Waals surface area contributed by atoms with Crippen molar-refractivity contribution in [1.82, 2.24) is 0 Å². The van der Waals surface area contributed by atoms with E-state index in [2.05, 4.69) is 6.92 Å². The zero-order valence-corrected chi connectivity index (χ0v) is 8.55. The van der Waals surface area contributed by atoms with E-state index in [0.29, 0.717) is 11.4 Å². The molecule has 1 aromatic carbocycles. The Morgan fingerprint density at radius 3 is 1.93 bits per heavy atom. The zero-order chi connectivity index (χ0) is 11.3. The van der Waals surface area contributed by atoms with Crippen molar-refractivity contribution >= 4 is 17.5 Å². The number of aryl methyl sites for hydroxylation is 1. The number of nitrogen functional groups attached to an aromatic ring is 2. The summed E-state index contributed by atoms with van der Waals surface area (Å²) in [5.74, 6) is 0. The Morgan fingerprint density at radius 2 is 1.50 bits per heavy atom. The highest BCUT2D eigenvalue weighted by atomic mass is 16.2. The van der Waals surface area contributed by atoms with Crippen LogP contribution in [0.15, 0.2) is 6.07 Å². The zero-order valence-electron chi connectivity index (χ0n) is 8.55. The number of benzene rings is 1. The third kappa shape index (κ3) is 2.61. The van der Waals surface area contributed by atoms with Crippen molar-refractivity contribution in [3.63, 3.8) is 0 Å². The van der Waals surface area contributed by atoms with Gasteiger partial charge < -0.3 is 11.5 Å². The SMILES string of the molecule is Cc1cc(N)c(N)c(C)c1C.O=C=O. The standard InChI is InChI=1S/C9H14N2.CO2/c1-5-4-8(10)9(11)7(3)6(5)2;2-1-3/h4H,10-11H2,1-3H3;. The fraction of sp³-hybridized carbons (Fsp3) is 0.300. The first-order chi connectivity index (χ1) is 6.45. The molecule has 0 aromatic heterocycles. The quantitative estimate of drug-likeness (QED) is 0.607. The molecular weight excluding hydrogens is 180 g/mol. The molecule has 4 nitrogen and oxygen atoms in total. The van der Waals surface area contributed by atoms with Crippen molar-refractivity contribution in [1.29, 1.82) is 0 Å². The molecule has 14 heavy (non-hydrogen) atoms. The lowest BCUT2D eigenvalue weighted by Crippen LogP contribution is -2.00. The summed E-state index contributed by atoms with van der Waals surface area (Å²) in [6.45, 7) is 6.09. The fourth-order valence-corrected chi connectivity index (χ4v) is 1.13. The van der Waals surface area contributed by atoms with Crippen LogP contribution in [0, 0.1) is 20.8 Å². The van der Waals surface area contributed by atoms with Crippen LogP contribution in [0.3, 0.4) is 0 Å². The minimum absolute atomic E-state index is 0.250. The normalized spacial score (nSPS) is 8.50. The maximum atomic E-state index is 8.12. The molecule has 0 saturated heterocycles. The van der Waals surface area contributed by atoms with E-state index in [1.165, 1.54) is 11.1 Å². The highest BCUT2D eigenvalue weighted by molar-refractivity contribution is 5.70. The topological polar surface area (TPSA) is 86.2 Å². The number of hydrogen-bond acceptors (Lipinski definition) is 4. The van der Waals surface area contributed by atoms with E-state index >= 15 is 0 Å². The molecule has 0 bridgehead atoms. The summed E-state index contributed by atoms with van der Waals surface area (Å²) in [5, 5.41) is 0. The van der Waals surface area contributed by atoms with Gasteiger partial charge in [-0.15, -0.1) is 0 Å². The van der Waals surface area contributed by atoms with E-state index in [-0.39, 0.29) is 6.15 Å². The van der Waals surface area contributed by atoms with Gasteiger partial charge in [0.25, 0.3) is 0 Å². The molecular formula is C10H14N2O2. The number of nitrogens with two attached hydrogens (primary N) is 2. The van der Waals surface area contributed by atoms with Gasteiger partial charge in [-0.05, 0) is 43.5 Å². The molecule has 0 heterocycles. The van der Waals surface area contributed by atoms with E-state index in [9.17, 15) is 0 Å². The van der Waals surface area contributed by atoms with Crippen LogP contribution in [-0.2, 0) is 9.59 Å². The monoisotopic (exact) mass is 194 g/mol. The second kappa shape index (κ2) is 5.04. The van der Waals surface area contributed by atoms with Crippen molar-refractivity contribution in [2.45, 2.75) is 20.8 Å². The second-order valence-electron chi connectivity index (χ2n) is 3.03. The van der Waals surface area contributed by atoms with Gasteiger partial charge in [-0.1, -0.05) is 0 Å². The van der Waals surface area contributed by atoms with Crippen molar-refractivity contribution in [3.8, 4) is 0 Å². The largest absolute Gasteiger partial charge is 0.397 e. The molecule has 0 aliphatic carbocycles. The van der Waals surface area contributed by atoms with Crippen LogP contribution in [0.4, 0.5) is 11.4 Å². The second-order valence-corrected chi connectivity index (χ2v) is 3.03. The Balaban J connectivity index is 0.000000500. The van der Waals surface area contributed by atoms with Gasteiger partial charge in [0.2, 0.25) is 0 Å². The van der Waals surface area contributed by atoms with Crippen molar-refractivity contribution in [2.75, 3.05) is 11.5 Å². The first-order valence-electron chi connectivity index (χ1n) is 4.06. The molecule has 0 aliphatic heterocycles. The predicted octanol–water partition coefficient (Wildman–Crippen LogP) is 1.19. The summed E-state index contributed by atoms with van der Waals surface area (Å²) in [7, 11) is 0. The Labute approximate surface area is 82.9 Å². The molecule has 0 saturated carbocycles. The van der Waals surface area contributed by atoms with Crippen LogP contribution in [0.1, 0.15) is 16.7 Å². The molecule has 0 unspecified atom stereocenters. The molecule has 0 fully saturated rings. The lowest BCUT2D eigenvalue weighted by Gasteiger charge is -2.09. The van der Waals surface area contributed by atoms with E-state index in [0.717, 1.165) is 5.56 Å². The summed E-state index contributed by atoms with van der Waals surface area (Å²) < 4.78 is 0. The molecule has 4 N–H and O–H groups in total. The highest BCUT2D eigenvalue weighted by Gasteiger charge is 2.03. The van der Waals surface area contributed by atoms with E-state index in [4.69, 9.17) is 21.1 Å². The van der Waals surface area contributed by atoms with E-state index in [1.54, 1.807) is 0 Å².